The fraction of sp³-hybridized carbons (Fsp3) is 0.729. The smallest absolute Gasteiger partial charge is 0.334 e. The van der Waals surface area contributed by atoms with E-state index in [1.54, 1.807) is 91.8 Å². The molecule has 0 aromatic heterocycles. The highest BCUT2D eigenvalue weighted by molar-refractivity contribution is 7.52. The molecule has 1 fully saturated rings. The van der Waals surface area contributed by atoms with E-state index in [1.807, 2.05) is 41.5 Å². The van der Waals surface area contributed by atoms with E-state index in [9.17, 15) is 33.6 Å². The summed E-state index contributed by atoms with van der Waals surface area (Å²) in [5.41, 5.74) is 1.12. The second-order valence-corrected chi connectivity index (χ2v) is 30.4. The Morgan fingerprint density at radius 3 is 1.42 bits per heavy atom. The molecule has 1 aliphatic heterocycles. The molecule has 0 spiro atoms. The van der Waals surface area contributed by atoms with Gasteiger partial charge in [-0.05, 0) is 113 Å². The number of carbonyl (C=O) groups excluding carboxylic acids is 11. The molecule has 550 valence electrons. The predicted octanol–water partition coefficient (Wildman–Crippen LogP) is 5.23. The third-order valence-corrected chi connectivity index (χ3v) is 20.3. The number of hydrogen-bond acceptors (Lipinski definition) is 15. The van der Waals surface area contributed by atoms with E-state index in [0.717, 1.165) is 9.80 Å². The van der Waals surface area contributed by atoms with E-state index in [1.165, 1.54) is 102 Å². The summed E-state index contributed by atoms with van der Waals surface area (Å²) in [6.45, 7) is 29.0. The molecule has 0 bridgehead atoms. The van der Waals surface area contributed by atoms with Crippen molar-refractivity contribution in [1.29, 1.82) is 0 Å². The Morgan fingerprint density at radius 2 is 0.959 bits per heavy atom. The summed E-state index contributed by atoms with van der Waals surface area (Å²) in [5, 5.41) is 23.3. The van der Waals surface area contributed by atoms with Crippen LogP contribution in [-0.4, -0.2) is 240 Å². The zero-order valence-electron chi connectivity index (χ0n) is 62.8. The van der Waals surface area contributed by atoms with Gasteiger partial charge in [0.15, 0.2) is 0 Å². The minimum absolute atomic E-state index is 0.0315. The van der Waals surface area contributed by atoms with Crippen molar-refractivity contribution >= 4 is 72.6 Å². The van der Waals surface area contributed by atoms with Crippen LogP contribution in [0, 0.1) is 35.5 Å². The van der Waals surface area contributed by atoms with Gasteiger partial charge in [-0.15, -0.1) is 0 Å². The van der Waals surface area contributed by atoms with Crippen molar-refractivity contribution in [3.8, 4) is 0 Å². The zero-order valence-corrected chi connectivity index (χ0v) is 63.6. The quantitative estimate of drug-likeness (QED) is 0.0825. The summed E-state index contributed by atoms with van der Waals surface area (Å²) in [4.78, 5) is 173. The summed E-state index contributed by atoms with van der Waals surface area (Å²) in [6, 6.07) is -7.63. The molecule has 3 unspecified atom stereocenters. The van der Waals surface area contributed by atoms with Crippen LogP contribution < -0.4 is 21.3 Å². The van der Waals surface area contributed by atoms with Crippen LogP contribution in [0.15, 0.2) is 36.4 Å². The summed E-state index contributed by atoms with van der Waals surface area (Å²) in [6.07, 6.45) is 2.44. The summed E-state index contributed by atoms with van der Waals surface area (Å²) in [5.74, 6) is -10.3. The van der Waals surface area contributed by atoms with Gasteiger partial charge in [-0.3, -0.25) is 57.3 Å². The molecule has 2 rings (SSSR count). The Balaban J connectivity index is 3.12. The molecule has 1 aromatic rings. The molecule has 1 aliphatic rings. The number of amides is 11. The summed E-state index contributed by atoms with van der Waals surface area (Å²) in [7, 11) is 7.49. The van der Waals surface area contributed by atoms with Crippen LogP contribution in [0.3, 0.4) is 0 Å². The van der Waals surface area contributed by atoms with Crippen LogP contribution in [0.1, 0.15) is 161 Å². The first kappa shape index (κ1) is 86.3. The van der Waals surface area contributed by atoms with Crippen LogP contribution in [0.2, 0.25) is 0 Å². The molecule has 1 aromatic carbocycles. The van der Waals surface area contributed by atoms with E-state index in [-0.39, 0.29) is 69.0 Å². The Morgan fingerprint density at radius 1 is 0.505 bits per heavy atom. The zero-order chi connectivity index (χ0) is 74.6. The molecule has 11 amide bonds. The van der Waals surface area contributed by atoms with Crippen LogP contribution >= 0.6 is 7.60 Å². The lowest BCUT2D eigenvalue weighted by Crippen LogP contribution is -2.64. The topological polar surface area (TPSA) is 314 Å². The first-order valence-electron chi connectivity index (χ1n) is 34.2. The van der Waals surface area contributed by atoms with Crippen LogP contribution in [0.25, 0.3) is 0 Å². The number of allylic oxidation sites excluding steroid dienone is 2. The van der Waals surface area contributed by atoms with Gasteiger partial charge in [0.1, 0.15) is 66.5 Å². The summed E-state index contributed by atoms with van der Waals surface area (Å²) >= 11 is 0. The number of benzene rings is 1. The van der Waals surface area contributed by atoms with Gasteiger partial charge in [0.25, 0.3) is 0 Å². The van der Waals surface area contributed by atoms with Crippen molar-refractivity contribution in [3.05, 3.63) is 47.5 Å². The Kier molecular flexibility index (Phi) is 34.8. The van der Waals surface area contributed by atoms with Gasteiger partial charge in [0.2, 0.25) is 65.0 Å². The minimum atomic E-state index is -3.50. The number of likely N-dealkylation sites (N-methyl/N-ethyl adjacent to an activating group) is 7. The molecule has 27 heteroatoms. The lowest BCUT2D eigenvalue weighted by Gasteiger charge is -2.41. The van der Waals surface area contributed by atoms with Gasteiger partial charge >= 0.3 is 7.60 Å². The van der Waals surface area contributed by atoms with Crippen LogP contribution in [-0.2, 0) is 78.9 Å². The fourth-order valence-corrected chi connectivity index (χ4v) is 13.2. The van der Waals surface area contributed by atoms with Gasteiger partial charge in [-0.25, -0.2) is 0 Å². The lowest BCUT2D eigenvalue weighted by atomic mass is 9.91. The maximum absolute atomic E-state index is 15.3. The van der Waals surface area contributed by atoms with Gasteiger partial charge in [-0.1, -0.05) is 120 Å². The van der Waals surface area contributed by atoms with Crippen molar-refractivity contribution in [3.63, 3.8) is 0 Å². The third-order valence-electron chi connectivity index (χ3n) is 18.4. The van der Waals surface area contributed by atoms with Gasteiger partial charge < -0.3 is 69.7 Å². The number of hydrogen-bond donors (Lipinski definition) is 5. The highest BCUT2D eigenvalue weighted by Gasteiger charge is 2.46. The monoisotopic (exact) mass is 1390 g/mol. The van der Waals surface area contributed by atoms with E-state index in [4.69, 9.17) is 9.05 Å². The van der Waals surface area contributed by atoms with Crippen molar-refractivity contribution in [2.45, 2.75) is 235 Å². The number of nitrogens with zero attached hydrogens (tertiary/aromatic N) is 7. The highest BCUT2D eigenvalue weighted by Crippen LogP contribution is 2.49. The molecule has 0 radical (unpaired) electrons. The minimum Gasteiger partial charge on any atom is -0.390 e. The van der Waals surface area contributed by atoms with Crippen molar-refractivity contribution < 1.29 is 71.5 Å². The number of carbonyl (C=O) groups is 11. The number of nitrogens with one attached hydrogen (secondary N) is 4. The third kappa shape index (κ3) is 23.4. The van der Waals surface area contributed by atoms with Crippen molar-refractivity contribution in [1.82, 2.24) is 55.6 Å². The van der Waals surface area contributed by atoms with E-state index < -0.39 is 163 Å². The second kappa shape index (κ2) is 39.1. The second-order valence-electron chi connectivity index (χ2n) is 28.2. The number of rotatable bonds is 20. The molecule has 26 nitrogen and oxygen atoms in total. The predicted molar refractivity (Wildman–Crippen MR) is 374 cm³/mol. The SMILES string of the molecule is C/C=C/C[C@@H](C)[C@@H](O)[C@H]1C(=O)NC(CC)C(=O)N(C)C(C)C(=O)N(CC)C(Cc2ccc(CP(=O)(OC)OC)cc2)C(=O)N[C@@H](C(C)C)C(=O)N(C)[C@@H](CC(C)C)C(=O)N[C@@H](C)C(=O)N[C@H](C)C(=O)N(C)[C@@H](CC(C)C)C(=O)N(C)[C@@H](CC(C)C)C(=O)N(C)[C@@H](C(C)C)C(=O)N1C. The normalized spacial score (nSPS) is 25.9. The maximum atomic E-state index is 15.3. The molecule has 13 atom stereocenters. The number of aliphatic hydroxyl groups excluding tert-OH is 1. The average Bonchev–Trinajstić information content (AvgIpc) is 0.807. The molecule has 0 aliphatic carbocycles. The Bertz CT molecular complexity index is 2920. The fourth-order valence-electron chi connectivity index (χ4n) is 12.1. The lowest BCUT2D eigenvalue weighted by molar-refractivity contribution is -0.157. The van der Waals surface area contributed by atoms with Gasteiger partial charge in [0.05, 0.1) is 12.3 Å². The standard InChI is InChI=1S/C70H120N11O15P/c1-26-29-30-45(14)59(82)58-63(86)73-51(27-2)66(89)75(18)48(17)65(88)81(28-3)53(38-49-31-33-50(34-32-49)39-97(94,95-24)96-25)62(85)74-56(43(10)11)69(92)76(19)52(35-40(4)5)61(84)71-46(15)60(83)72-47(16)64(87)77(20)54(36-41(6)7)67(90)78(21)55(37-42(8)9)68(91)79(22)57(44(12)13)70(93)80(58)23/h26,29,31-34,40-48,51-59,82H,27-28,30,35-39H2,1-25H3,(H,71,84)(H,72,83)(H,73,86)(H,74,85)/b29-26+/t45-,46+,47-,48?,51?,52+,53?,54+,55+,56+,57+,58+,59-/m1/s1. The summed E-state index contributed by atoms with van der Waals surface area (Å²) < 4.78 is 23.4. The van der Waals surface area contributed by atoms with E-state index in [2.05, 4.69) is 21.3 Å². The van der Waals surface area contributed by atoms with E-state index >= 15 is 28.8 Å². The molecule has 1 saturated heterocycles. The van der Waals surface area contributed by atoms with Crippen LogP contribution in [0.5, 0.6) is 0 Å². The Labute approximate surface area is 578 Å². The van der Waals surface area contributed by atoms with E-state index in [0.29, 0.717) is 11.1 Å². The molecule has 5 N–H and O–H groups in total. The van der Waals surface area contributed by atoms with Gasteiger partial charge in [-0.2, -0.15) is 0 Å². The molecular formula is C70H120N11O15P. The molecule has 1 heterocycles. The molecular weight excluding hydrogens is 1270 g/mol. The molecule has 97 heavy (non-hydrogen) atoms. The maximum Gasteiger partial charge on any atom is 0.334 e. The van der Waals surface area contributed by atoms with Crippen LogP contribution in [0.4, 0.5) is 0 Å². The Hall–Kier alpha value is -6.76. The highest BCUT2D eigenvalue weighted by atomic mass is 31.2. The molecule has 0 saturated carbocycles. The number of aliphatic hydroxyl groups is 1. The average molecular weight is 1390 g/mol. The van der Waals surface area contributed by atoms with Crippen molar-refractivity contribution in [2.24, 2.45) is 35.5 Å². The van der Waals surface area contributed by atoms with Crippen molar-refractivity contribution in [2.75, 3.05) is 63.1 Å². The first-order valence-corrected chi connectivity index (χ1v) is 36.0. The first-order chi connectivity index (χ1) is 45.0. The largest absolute Gasteiger partial charge is 0.390 e. The van der Waals surface area contributed by atoms with Gasteiger partial charge in [0, 0.05) is 69.5 Å².